The van der Waals surface area contributed by atoms with E-state index in [-0.39, 0.29) is 5.91 Å². The summed E-state index contributed by atoms with van der Waals surface area (Å²) in [5, 5.41) is 0. The number of hydrogen-bond acceptors (Lipinski definition) is 3. The van der Waals surface area contributed by atoms with Crippen LogP contribution in [0.2, 0.25) is 0 Å². The number of nitrogens with zero attached hydrogens (tertiary/aromatic N) is 3. The van der Waals surface area contributed by atoms with Crippen LogP contribution in [-0.4, -0.2) is 40.1 Å². The van der Waals surface area contributed by atoms with E-state index in [1.807, 2.05) is 48.6 Å². The maximum Gasteiger partial charge on any atom is 0.253 e. The van der Waals surface area contributed by atoms with Crippen molar-refractivity contribution in [1.82, 2.24) is 14.5 Å². The lowest BCUT2D eigenvalue weighted by atomic mass is 10.0. The van der Waals surface area contributed by atoms with Crippen molar-refractivity contribution in [3.63, 3.8) is 0 Å². The molecule has 5 heteroatoms. The Kier molecular flexibility index (Phi) is 4.42. The Morgan fingerprint density at radius 2 is 2.18 bits per heavy atom. The molecular weight excluding hydrogens is 278 g/mol. The van der Waals surface area contributed by atoms with Crippen molar-refractivity contribution in [2.45, 2.75) is 25.8 Å². The van der Waals surface area contributed by atoms with E-state index >= 15 is 0 Å². The number of benzene rings is 1. The lowest BCUT2D eigenvalue weighted by molar-refractivity contribution is 0.0694. The molecule has 1 aliphatic heterocycles. The van der Waals surface area contributed by atoms with Gasteiger partial charge in [0.1, 0.15) is 5.75 Å². The number of rotatable bonds is 4. The second kappa shape index (κ2) is 6.64. The molecule has 0 aliphatic carbocycles. The number of imidazole rings is 1. The fourth-order valence-electron chi connectivity index (χ4n) is 2.92. The summed E-state index contributed by atoms with van der Waals surface area (Å²) in [6.07, 6.45) is 7.58. The van der Waals surface area contributed by atoms with Gasteiger partial charge < -0.3 is 14.2 Å². The van der Waals surface area contributed by atoms with E-state index in [1.165, 1.54) is 0 Å². The van der Waals surface area contributed by atoms with Gasteiger partial charge in [-0.15, -0.1) is 0 Å². The number of amides is 1. The molecule has 1 amide bonds. The van der Waals surface area contributed by atoms with E-state index in [4.69, 9.17) is 4.74 Å². The van der Waals surface area contributed by atoms with Gasteiger partial charge in [-0.25, -0.2) is 4.98 Å². The van der Waals surface area contributed by atoms with Crippen LogP contribution in [0.25, 0.3) is 0 Å². The van der Waals surface area contributed by atoms with E-state index in [1.54, 1.807) is 6.20 Å². The predicted molar refractivity (Wildman–Crippen MR) is 84.0 cm³/mol. The van der Waals surface area contributed by atoms with E-state index in [2.05, 4.69) is 9.55 Å². The van der Waals surface area contributed by atoms with Gasteiger partial charge in [0.05, 0.1) is 12.9 Å². The Morgan fingerprint density at radius 3 is 2.86 bits per heavy atom. The quantitative estimate of drug-likeness (QED) is 0.872. The van der Waals surface area contributed by atoms with Crippen LogP contribution in [0.4, 0.5) is 0 Å². The Bertz CT molecular complexity index is 617. The number of aromatic nitrogens is 2. The van der Waals surface area contributed by atoms with Crippen LogP contribution in [0, 0.1) is 0 Å². The van der Waals surface area contributed by atoms with Crippen molar-refractivity contribution in [3.05, 3.63) is 48.5 Å². The third-order valence-electron chi connectivity index (χ3n) is 4.09. The Labute approximate surface area is 130 Å². The molecule has 0 N–H and O–H groups in total. The highest BCUT2D eigenvalue weighted by molar-refractivity contribution is 5.94. The van der Waals surface area contributed by atoms with Gasteiger partial charge in [0.25, 0.3) is 5.91 Å². The molecule has 0 unspecified atom stereocenters. The van der Waals surface area contributed by atoms with Crippen molar-refractivity contribution in [2.24, 2.45) is 0 Å². The highest BCUT2D eigenvalue weighted by Crippen LogP contribution is 2.24. The Balaban J connectivity index is 1.63. The molecule has 1 aromatic heterocycles. The summed E-state index contributed by atoms with van der Waals surface area (Å²) in [5.74, 6) is 0.840. The smallest absolute Gasteiger partial charge is 0.253 e. The molecule has 1 fully saturated rings. The molecule has 2 aromatic rings. The van der Waals surface area contributed by atoms with Gasteiger partial charge in [0.15, 0.2) is 0 Å². The Morgan fingerprint density at radius 1 is 1.36 bits per heavy atom. The minimum atomic E-state index is 0.0886. The van der Waals surface area contributed by atoms with Crippen molar-refractivity contribution in [1.29, 1.82) is 0 Å². The third kappa shape index (κ3) is 3.13. The van der Waals surface area contributed by atoms with Crippen molar-refractivity contribution in [2.75, 3.05) is 19.7 Å². The predicted octanol–water partition coefficient (Wildman–Crippen LogP) is 2.76. The molecule has 5 nitrogen and oxygen atoms in total. The van der Waals surface area contributed by atoms with Crippen molar-refractivity contribution in [3.8, 4) is 5.75 Å². The van der Waals surface area contributed by atoms with Crippen LogP contribution in [0.3, 0.4) is 0 Å². The minimum absolute atomic E-state index is 0.0886. The Hall–Kier alpha value is -2.30. The summed E-state index contributed by atoms with van der Waals surface area (Å²) in [7, 11) is 0. The first kappa shape index (κ1) is 14.6. The van der Waals surface area contributed by atoms with E-state index in [0.29, 0.717) is 18.2 Å². The molecule has 3 rings (SSSR count). The second-order valence-electron chi connectivity index (χ2n) is 5.49. The van der Waals surface area contributed by atoms with Crippen LogP contribution in [-0.2, 0) is 0 Å². The number of ether oxygens (including phenoxy) is 1. The monoisotopic (exact) mass is 299 g/mol. The average Bonchev–Trinajstić information content (AvgIpc) is 3.09. The van der Waals surface area contributed by atoms with Gasteiger partial charge in [-0.1, -0.05) is 6.07 Å². The first-order valence-corrected chi connectivity index (χ1v) is 7.77. The SMILES string of the molecule is CCOc1cccc(C(=O)N2CCC(n3ccnc3)CC2)c1. The fraction of sp³-hybridized carbons (Fsp3) is 0.412. The van der Waals surface area contributed by atoms with E-state index < -0.39 is 0 Å². The normalized spacial score (nSPS) is 15.8. The number of piperidine rings is 1. The van der Waals surface area contributed by atoms with Crippen LogP contribution < -0.4 is 4.74 Å². The van der Waals surface area contributed by atoms with E-state index in [0.717, 1.165) is 31.7 Å². The third-order valence-corrected chi connectivity index (χ3v) is 4.09. The molecule has 0 atom stereocenters. The molecule has 1 aliphatic rings. The maximum absolute atomic E-state index is 12.6. The topological polar surface area (TPSA) is 47.4 Å². The summed E-state index contributed by atoms with van der Waals surface area (Å²) in [6, 6.07) is 7.88. The van der Waals surface area contributed by atoms with Crippen LogP contribution in [0.5, 0.6) is 5.75 Å². The first-order valence-electron chi connectivity index (χ1n) is 7.77. The minimum Gasteiger partial charge on any atom is -0.494 e. The van der Waals surface area contributed by atoms with Gasteiger partial charge in [-0.05, 0) is 38.0 Å². The zero-order valence-corrected chi connectivity index (χ0v) is 12.8. The van der Waals surface area contributed by atoms with Gasteiger partial charge in [0, 0.05) is 37.1 Å². The summed E-state index contributed by atoms with van der Waals surface area (Å²) in [6.45, 7) is 4.10. The molecular formula is C17H21N3O2. The molecule has 22 heavy (non-hydrogen) atoms. The molecule has 2 heterocycles. The maximum atomic E-state index is 12.6. The van der Waals surface area contributed by atoms with Gasteiger partial charge in [-0.2, -0.15) is 0 Å². The number of carbonyl (C=O) groups is 1. The van der Waals surface area contributed by atoms with Crippen molar-refractivity contribution >= 4 is 5.91 Å². The zero-order chi connectivity index (χ0) is 15.4. The lowest BCUT2D eigenvalue weighted by Gasteiger charge is -2.32. The molecule has 0 radical (unpaired) electrons. The van der Waals surface area contributed by atoms with Crippen LogP contribution in [0.1, 0.15) is 36.2 Å². The summed E-state index contributed by atoms with van der Waals surface area (Å²) < 4.78 is 7.61. The molecule has 0 bridgehead atoms. The largest absolute Gasteiger partial charge is 0.494 e. The van der Waals surface area contributed by atoms with Crippen LogP contribution >= 0.6 is 0 Å². The summed E-state index contributed by atoms with van der Waals surface area (Å²) in [4.78, 5) is 18.6. The van der Waals surface area contributed by atoms with Crippen molar-refractivity contribution < 1.29 is 9.53 Å². The molecule has 0 spiro atoms. The molecule has 1 aromatic carbocycles. The molecule has 0 saturated carbocycles. The van der Waals surface area contributed by atoms with E-state index in [9.17, 15) is 4.79 Å². The van der Waals surface area contributed by atoms with Crippen LogP contribution in [0.15, 0.2) is 43.0 Å². The van der Waals surface area contributed by atoms with Gasteiger partial charge in [0.2, 0.25) is 0 Å². The first-order chi connectivity index (χ1) is 10.8. The second-order valence-corrected chi connectivity index (χ2v) is 5.49. The standard InChI is InChI=1S/C17H21N3O2/c1-2-22-16-5-3-4-14(12-16)17(21)19-9-6-15(7-10-19)20-11-8-18-13-20/h3-5,8,11-13,15H,2,6-7,9-10H2,1H3. The summed E-state index contributed by atoms with van der Waals surface area (Å²) in [5.41, 5.74) is 0.701. The number of hydrogen-bond donors (Lipinski definition) is 0. The number of likely N-dealkylation sites (tertiary alicyclic amines) is 1. The fourth-order valence-corrected chi connectivity index (χ4v) is 2.92. The summed E-state index contributed by atoms with van der Waals surface area (Å²) >= 11 is 0. The lowest BCUT2D eigenvalue weighted by Crippen LogP contribution is -2.38. The zero-order valence-electron chi connectivity index (χ0n) is 12.8. The van der Waals surface area contributed by atoms with Gasteiger partial charge in [-0.3, -0.25) is 4.79 Å². The highest BCUT2D eigenvalue weighted by atomic mass is 16.5. The number of carbonyl (C=O) groups excluding carboxylic acids is 1. The highest BCUT2D eigenvalue weighted by Gasteiger charge is 2.24. The molecule has 1 saturated heterocycles. The molecule has 116 valence electrons. The average molecular weight is 299 g/mol. The van der Waals surface area contributed by atoms with Gasteiger partial charge >= 0.3 is 0 Å².